The van der Waals surface area contributed by atoms with Gasteiger partial charge in [-0.3, -0.25) is 10.1 Å². The van der Waals surface area contributed by atoms with Gasteiger partial charge in [0.1, 0.15) is 11.5 Å². The second kappa shape index (κ2) is 11.4. The van der Waals surface area contributed by atoms with Crippen molar-refractivity contribution in [2.45, 2.75) is 32.6 Å². The van der Waals surface area contributed by atoms with Crippen LogP contribution in [0.1, 0.15) is 43.0 Å². The first-order chi connectivity index (χ1) is 13.4. The number of halogens is 2. The maximum atomic E-state index is 12.3. The summed E-state index contributed by atoms with van der Waals surface area (Å²) in [7, 11) is 0. The second-order valence-electron chi connectivity index (χ2n) is 6.13. The summed E-state index contributed by atoms with van der Waals surface area (Å²) in [6.45, 7) is 2.85. The number of nitrogens with one attached hydrogen (secondary N) is 2. The topological polar surface area (TPSA) is 70.6 Å². The smallest absolute Gasteiger partial charge is 0.257 e. The minimum atomic E-state index is -0.316. The van der Waals surface area contributed by atoms with Crippen LogP contribution in [0.4, 0.5) is 5.69 Å². The van der Waals surface area contributed by atoms with E-state index in [4.69, 9.17) is 17.0 Å². The Morgan fingerprint density at radius 3 is 2.36 bits per heavy atom. The third kappa shape index (κ3) is 7.07. The number of unbranched alkanes of at least 4 members (excludes halogenated alkanes) is 3. The zero-order valence-electron chi connectivity index (χ0n) is 15.4. The zero-order valence-corrected chi connectivity index (χ0v) is 19.4. The van der Waals surface area contributed by atoms with Crippen molar-refractivity contribution in [1.29, 1.82) is 0 Å². The van der Waals surface area contributed by atoms with E-state index >= 15 is 0 Å². The van der Waals surface area contributed by atoms with Crippen LogP contribution < -0.4 is 15.4 Å². The van der Waals surface area contributed by atoms with Gasteiger partial charge >= 0.3 is 0 Å². The molecule has 2 aromatic rings. The Labute approximate surface area is 187 Å². The highest BCUT2D eigenvalue weighted by Crippen LogP contribution is 2.35. The fourth-order valence-corrected chi connectivity index (χ4v) is 3.79. The number of amides is 1. The van der Waals surface area contributed by atoms with Crippen LogP contribution in [0, 0.1) is 0 Å². The molecule has 8 heteroatoms. The van der Waals surface area contributed by atoms with E-state index in [0.717, 1.165) is 18.6 Å². The number of hydrogen-bond donors (Lipinski definition) is 3. The Morgan fingerprint density at radius 2 is 1.75 bits per heavy atom. The van der Waals surface area contributed by atoms with Gasteiger partial charge in [0.25, 0.3) is 5.91 Å². The Balaban J connectivity index is 1.85. The average molecular weight is 530 g/mol. The summed E-state index contributed by atoms with van der Waals surface area (Å²) < 4.78 is 6.69. The fourth-order valence-electron chi connectivity index (χ4n) is 2.40. The third-order valence-corrected chi connectivity index (χ3v) is 5.30. The number of carbonyl (C=O) groups excluding carboxylic acids is 1. The quantitative estimate of drug-likeness (QED) is 0.222. The molecule has 5 nitrogen and oxygen atoms in total. The van der Waals surface area contributed by atoms with Crippen molar-refractivity contribution in [2.75, 3.05) is 11.9 Å². The Bertz CT molecular complexity index is 806. The second-order valence-corrected chi connectivity index (χ2v) is 8.25. The molecule has 0 atom stereocenters. The van der Waals surface area contributed by atoms with Crippen molar-refractivity contribution in [3.63, 3.8) is 0 Å². The molecule has 2 aromatic carbocycles. The summed E-state index contributed by atoms with van der Waals surface area (Å²) in [6, 6.07) is 10.3. The minimum Gasteiger partial charge on any atom is -0.506 e. The van der Waals surface area contributed by atoms with E-state index < -0.39 is 0 Å². The first-order valence-electron chi connectivity index (χ1n) is 8.94. The Hall–Kier alpha value is -1.64. The molecule has 150 valence electrons. The average Bonchev–Trinajstić information content (AvgIpc) is 2.66. The number of rotatable bonds is 8. The molecular weight excluding hydrogens is 508 g/mol. The predicted molar refractivity (Wildman–Crippen MR) is 123 cm³/mol. The van der Waals surface area contributed by atoms with Crippen LogP contribution in [-0.4, -0.2) is 22.7 Å². The van der Waals surface area contributed by atoms with Crippen LogP contribution in [0.25, 0.3) is 0 Å². The number of ether oxygens (including phenoxy) is 1. The number of aromatic hydroxyl groups is 1. The van der Waals surface area contributed by atoms with E-state index in [1.54, 1.807) is 36.4 Å². The number of carbonyl (C=O) groups is 1. The van der Waals surface area contributed by atoms with Crippen LogP contribution in [-0.2, 0) is 0 Å². The van der Waals surface area contributed by atoms with Crippen molar-refractivity contribution < 1.29 is 14.6 Å². The molecule has 28 heavy (non-hydrogen) atoms. The molecule has 2 rings (SSSR count). The molecule has 0 unspecified atom stereocenters. The third-order valence-electron chi connectivity index (χ3n) is 3.88. The number of phenolic OH excluding ortho intramolecular Hbond substituents is 1. The van der Waals surface area contributed by atoms with Gasteiger partial charge in [-0.1, -0.05) is 26.2 Å². The SMILES string of the molecule is CCCCCCOc1ccc(C(=O)NC(=S)Nc2cc(Br)c(O)c(Br)c2)cc1. The lowest BCUT2D eigenvalue weighted by atomic mass is 10.2. The molecule has 0 aliphatic carbocycles. The highest BCUT2D eigenvalue weighted by atomic mass is 79.9. The summed E-state index contributed by atoms with van der Waals surface area (Å²) in [4.78, 5) is 12.3. The summed E-state index contributed by atoms with van der Waals surface area (Å²) >= 11 is 11.7. The van der Waals surface area contributed by atoms with Gasteiger partial charge in [0.15, 0.2) is 5.11 Å². The van der Waals surface area contributed by atoms with E-state index in [9.17, 15) is 9.90 Å². The molecule has 0 aliphatic heterocycles. The fraction of sp³-hybridized carbons (Fsp3) is 0.300. The zero-order chi connectivity index (χ0) is 20.5. The first-order valence-corrected chi connectivity index (χ1v) is 10.9. The molecule has 0 heterocycles. The van der Waals surface area contributed by atoms with Gasteiger partial charge in [-0.15, -0.1) is 0 Å². The number of benzene rings is 2. The van der Waals surface area contributed by atoms with Crippen LogP contribution in [0.15, 0.2) is 45.3 Å². The van der Waals surface area contributed by atoms with E-state index in [-0.39, 0.29) is 16.8 Å². The van der Waals surface area contributed by atoms with Crippen LogP contribution in [0.5, 0.6) is 11.5 Å². The summed E-state index contributed by atoms with van der Waals surface area (Å²) in [5.41, 5.74) is 1.10. The molecule has 0 bridgehead atoms. The maximum absolute atomic E-state index is 12.3. The predicted octanol–water partition coefficient (Wildman–Crippen LogP) is 6.00. The molecule has 0 saturated carbocycles. The highest BCUT2D eigenvalue weighted by molar-refractivity contribution is 9.11. The summed E-state index contributed by atoms with van der Waals surface area (Å²) in [6.07, 6.45) is 4.60. The molecule has 1 amide bonds. The molecule has 0 aromatic heterocycles. The summed E-state index contributed by atoms with van der Waals surface area (Å²) in [5, 5.41) is 15.4. The van der Waals surface area contributed by atoms with Crippen molar-refractivity contribution in [2.24, 2.45) is 0 Å². The monoisotopic (exact) mass is 528 g/mol. The summed E-state index contributed by atoms with van der Waals surface area (Å²) in [5.74, 6) is 0.518. The highest BCUT2D eigenvalue weighted by Gasteiger charge is 2.10. The number of thiocarbonyl (C=S) groups is 1. The van der Waals surface area contributed by atoms with E-state index in [1.165, 1.54) is 12.8 Å². The molecule has 0 aliphatic rings. The molecule has 0 fully saturated rings. The molecule has 0 radical (unpaired) electrons. The van der Waals surface area contributed by atoms with Crippen molar-refractivity contribution in [1.82, 2.24) is 5.32 Å². The normalized spacial score (nSPS) is 10.4. The maximum Gasteiger partial charge on any atom is 0.257 e. The van der Waals surface area contributed by atoms with Gasteiger partial charge in [-0.2, -0.15) is 0 Å². The lowest BCUT2D eigenvalue weighted by Crippen LogP contribution is -2.34. The van der Waals surface area contributed by atoms with Gasteiger partial charge in [0, 0.05) is 11.3 Å². The molecule has 3 N–H and O–H groups in total. The number of hydrogen-bond acceptors (Lipinski definition) is 4. The van der Waals surface area contributed by atoms with Crippen LogP contribution >= 0.6 is 44.1 Å². The lowest BCUT2D eigenvalue weighted by molar-refractivity contribution is 0.0977. The first kappa shape index (κ1) is 22.6. The van der Waals surface area contributed by atoms with Gasteiger partial charge in [0.2, 0.25) is 0 Å². The Morgan fingerprint density at radius 1 is 1.11 bits per heavy atom. The minimum absolute atomic E-state index is 0.0909. The molecule has 0 spiro atoms. The van der Waals surface area contributed by atoms with Gasteiger partial charge in [0.05, 0.1) is 15.6 Å². The number of phenols is 1. The largest absolute Gasteiger partial charge is 0.506 e. The van der Waals surface area contributed by atoms with Gasteiger partial charge < -0.3 is 15.2 Å². The van der Waals surface area contributed by atoms with E-state index in [1.807, 2.05) is 0 Å². The molecular formula is C20H22Br2N2O3S. The lowest BCUT2D eigenvalue weighted by Gasteiger charge is -2.12. The van der Waals surface area contributed by atoms with Gasteiger partial charge in [-0.05, 0) is 86.9 Å². The van der Waals surface area contributed by atoms with Crippen molar-refractivity contribution in [3.8, 4) is 11.5 Å². The van der Waals surface area contributed by atoms with Gasteiger partial charge in [-0.25, -0.2) is 0 Å². The van der Waals surface area contributed by atoms with Crippen LogP contribution in [0.2, 0.25) is 0 Å². The number of anilines is 1. The van der Waals surface area contributed by atoms with Crippen molar-refractivity contribution in [3.05, 3.63) is 50.9 Å². The Kier molecular flexibility index (Phi) is 9.21. The molecule has 0 saturated heterocycles. The standard InChI is InChI=1S/C20H22Br2N2O3S/c1-2-3-4-5-10-27-15-8-6-13(7-9-15)19(26)24-20(28)23-14-11-16(21)18(25)17(22)12-14/h6-9,11-12,25H,2-5,10H2,1H3,(H2,23,24,26,28). The van der Waals surface area contributed by atoms with E-state index in [2.05, 4.69) is 49.4 Å². The van der Waals surface area contributed by atoms with Crippen LogP contribution in [0.3, 0.4) is 0 Å². The van der Waals surface area contributed by atoms with Crippen molar-refractivity contribution >= 4 is 60.8 Å². The van der Waals surface area contributed by atoms with E-state index in [0.29, 0.717) is 26.8 Å².